The Morgan fingerprint density at radius 2 is 2.04 bits per heavy atom. The molecule has 26 heavy (non-hydrogen) atoms. The van der Waals surface area contributed by atoms with Crippen LogP contribution >= 0.6 is 0 Å². The number of amides is 2. The lowest BCUT2D eigenvalue weighted by Gasteiger charge is -2.23. The van der Waals surface area contributed by atoms with E-state index in [1.165, 1.54) is 0 Å². The normalized spacial score (nSPS) is 22.2. The van der Waals surface area contributed by atoms with Crippen molar-refractivity contribution in [3.05, 3.63) is 29.8 Å². The van der Waals surface area contributed by atoms with Crippen LogP contribution in [0.15, 0.2) is 24.3 Å². The van der Waals surface area contributed by atoms with E-state index in [-0.39, 0.29) is 24.8 Å². The summed E-state index contributed by atoms with van der Waals surface area (Å²) in [5.74, 6) is -1.24. The van der Waals surface area contributed by atoms with E-state index in [1.807, 2.05) is 24.3 Å². The number of hydrogen-bond acceptors (Lipinski definition) is 3. The van der Waals surface area contributed by atoms with Crippen molar-refractivity contribution in [3.8, 4) is 0 Å². The number of hydrogen-bond donors (Lipinski definition) is 2. The molecule has 6 heteroatoms. The second-order valence-electron chi connectivity index (χ2n) is 7.58. The van der Waals surface area contributed by atoms with Crippen molar-refractivity contribution in [2.75, 3.05) is 18.0 Å². The third kappa shape index (κ3) is 3.45. The molecule has 6 nitrogen and oxygen atoms in total. The maximum atomic E-state index is 12.5. The van der Waals surface area contributed by atoms with Gasteiger partial charge in [-0.1, -0.05) is 32.0 Å². The fourth-order valence-electron chi connectivity index (χ4n) is 3.50. The lowest BCUT2D eigenvalue weighted by Crippen LogP contribution is -2.38. The Morgan fingerprint density at radius 1 is 1.35 bits per heavy atom. The molecule has 2 fully saturated rings. The number of anilines is 1. The van der Waals surface area contributed by atoms with Crippen molar-refractivity contribution in [2.24, 2.45) is 11.3 Å². The average molecular weight is 358 g/mol. The van der Waals surface area contributed by atoms with Crippen LogP contribution in [0.3, 0.4) is 0 Å². The summed E-state index contributed by atoms with van der Waals surface area (Å²) in [5, 5.41) is 12.0. The van der Waals surface area contributed by atoms with Crippen molar-refractivity contribution in [3.63, 3.8) is 0 Å². The highest BCUT2D eigenvalue weighted by Gasteiger charge is 2.50. The number of carboxylic acids is 1. The lowest BCUT2D eigenvalue weighted by molar-refractivity contribution is -0.143. The van der Waals surface area contributed by atoms with E-state index in [0.717, 1.165) is 17.7 Å². The van der Waals surface area contributed by atoms with Gasteiger partial charge in [0.05, 0.1) is 11.3 Å². The van der Waals surface area contributed by atoms with Crippen LogP contribution in [-0.2, 0) is 14.4 Å². The van der Waals surface area contributed by atoms with Crippen LogP contribution in [0, 0.1) is 11.3 Å². The molecule has 140 valence electrons. The first kappa shape index (κ1) is 18.4. The Morgan fingerprint density at radius 3 is 2.65 bits per heavy atom. The van der Waals surface area contributed by atoms with E-state index in [9.17, 15) is 19.5 Å². The molecule has 1 saturated heterocycles. The monoisotopic (exact) mass is 358 g/mol. The zero-order chi connectivity index (χ0) is 18.9. The molecule has 1 aromatic rings. The fourth-order valence-corrected chi connectivity index (χ4v) is 3.50. The van der Waals surface area contributed by atoms with Crippen LogP contribution in [-0.4, -0.2) is 36.0 Å². The number of carbonyl (C=O) groups excluding carboxylic acids is 2. The summed E-state index contributed by atoms with van der Waals surface area (Å²) in [5.41, 5.74) is 1.21. The van der Waals surface area contributed by atoms with Gasteiger partial charge in [-0.3, -0.25) is 14.4 Å². The highest BCUT2D eigenvalue weighted by Crippen LogP contribution is 2.45. The Balaban J connectivity index is 1.67. The predicted octanol–water partition coefficient (Wildman–Crippen LogP) is 2.53. The number of rotatable bonds is 7. The first-order valence-corrected chi connectivity index (χ1v) is 9.28. The SMILES string of the molecule is CCC(C)c1ccccc1N1CC(C(=O)NCC2(C(=O)O)CC2)CC1=O. The van der Waals surface area contributed by atoms with Crippen LogP contribution in [0.25, 0.3) is 0 Å². The predicted molar refractivity (Wildman–Crippen MR) is 97.9 cm³/mol. The van der Waals surface area contributed by atoms with Gasteiger partial charge in [-0.2, -0.15) is 0 Å². The minimum atomic E-state index is -0.857. The second-order valence-corrected chi connectivity index (χ2v) is 7.58. The quantitative estimate of drug-likeness (QED) is 0.784. The first-order valence-electron chi connectivity index (χ1n) is 9.28. The van der Waals surface area contributed by atoms with E-state index in [2.05, 4.69) is 19.2 Å². The molecule has 2 amide bonds. The van der Waals surface area contributed by atoms with Gasteiger partial charge < -0.3 is 15.3 Å². The van der Waals surface area contributed by atoms with Crippen molar-refractivity contribution < 1.29 is 19.5 Å². The molecule has 2 unspecified atom stereocenters. The number of benzene rings is 1. The van der Waals surface area contributed by atoms with Crippen LogP contribution < -0.4 is 10.2 Å². The first-order chi connectivity index (χ1) is 12.4. The molecule has 3 rings (SSSR count). The van der Waals surface area contributed by atoms with E-state index < -0.39 is 17.3 Å². The maximum Gasteiger partial charge on any atom is 0.311 e. The Labute approximate surface area is 153 Å². The molecule has 1 saturated carbocycles. The summed E-state index contributed by atoms with van der Waals surface area (Å²) in [6, 6.07) is 7.85. The molecule has 1 heterocycles. The molecule has 2 N–H and O–H groups in total. The summed E-state index contributed by atoms with van der Waals surface area (Å²) in [4.78, 5) is 37.9. The Bertz CT molecular complexity index is 726. The number of carbonyl (C=O) groups is 3. The second kappa shape index (κ2) is 7.09. The standard InChI is InChI=1S/C20H26N2O4/c1-3-13(2)15-6-4-5-7-16(15)22-11-14(10-17(22)23)18(24)21-12-20(8-9-20)19(25)26/h4-7,13-14H,3,8-12H2,1-2H3,(H,21,24)(H,25,26). The maximum absolute atomic E-state index is 12.5. The summed E-state index contributed by atoms with van der Waals surface area (Å²) in [6.45, 7) is 4.73. The minimum absolute atomic E-state index is 0.0553. The van der Waals surface area contributed by atoms with Gasteiger partial charge in [0.2, 0.25) is 11.8 Å². The Hall–Kier alpha value is -2.37. The van der Waals surface area contributed by atoms with Gasteiger partial charge in [0.15, 0.2) is 0 Å². The zero-order valence-electron chi connectivity index (χ0n) is 15.3. The largest absolute Gasteiger partial charge is 0.481 e. The number of para-hydroxylation sites is 1. The van der Waals surface area contributed by atoms with Crippen LogP contribution in [0.5, 0.6) is 0 Å². The van der Waals surface area contributed by atoms with Gasteiger partial charge in [-0.25, -0.2) is 0 Å². The van der Waals surface area contributed by atoms with Crippen molar-refractivity contribution in [2.45, 2.75) is 45.4 Å². The zero-order valence-corrected chi connectivity index (χ0v) is 15.3. The summed E-state index contributed by atoms with van der Waals surface area (Å²) < 4.78 is 0. The van der Waals surface area contributed by atoms with E-state index in [0.29, 0.717) is 25.3 Å². The van der Waals surface area contributed by atoms with Crippen LogP contribution in [0.4, 0.5) is 5.69 Å². The molecular formula is C20H26N2O4. The van der Waals surface area contributed by atoms with Crippen molar-refractivity contribution in [1.82, 2.24) is 5.32 Å². The van der Waals surface area contributed by atoms with Gasteiger partial charge in [0.25, 0.3) is 0 Å². The molecule has 1 aliphatic heterocycles. The lowest BCUT2D eigenvalue weighted by atomic mass is 9.96. The number of aliphatic carboxylic acids is 1. The molecule has 0 aromatic heterocycles. The van der Waals surface area contributed by atoms with Gasteiger partial charge in [0, 0.05) is 25.2 Å². The molecule has 2 aliphatic rings. The fraction of sp³-hybridized carbons (Fsp3) is 0.550. The van der Waals surface area contributed by atoms with Crippen molar-refractivity contribution in [1.29, 1.82) is 0 Å². The number of nitrogens with zero attached hydrogens (tertiary/aromatic N) is 1. The number of nitrogens with one attached hydrogen (secondary N) is 1. The molecule has 2 atom stereocenters. The highest BCUT2D eigenvalue weighted by molar-refractivity contribution is 6.01. The smallest absolute Gasteiger partial charge is 0.311 e. The molecular weight excluding hydrogens is 332 g/mol. The van der Waals surface area contributed by atoms with Crippen LogP contribution in [0.1, 0.15) is 51.0 Å². The van der Waals surface area contributed by atoms with E-state index in [4.69, 9.17) is 0 Å². The van der Waals surface area contributed by atoms with E-state index in [1.54, 1.807) is 4.90 Å². The topological polar surface area (TPSA) is 86.7 Å². The van der Waals surface area contributed by atoms with E-state index >= 15 is 0 Å². The minimum Gasteiger partial charge on any atom is -0.481 e. The molecule has 0 bridgehead atoms. The molecule has 1 aliphatic carbocycles. The van der Waals surface area contributed by atoms with Gasteiger partial charge in [0.1, 0.15) is 0 Å². The van der Waals surface area contributed by atoms with Crippen LogP contribution in [0.2, 0.25) is 0 Å². The van der Waals surface area contributed by atoms with Crippen molar-refractivity contribution >= 4 is 23.5 Å². The summed E-state index contributed by atoms with van der Waals surface area (Å²) in [6.07, 6.45) is 2.34. The summed E-state index contributed by atoms with van der Waals surface area (Å²) >= 11 is 0. The highest BCUT2D eigenvalue weighted by atomic mass is 16.4. The van der Waals surface area contributed by atoms with Gasteiger partial charge >= 0.3 is 5.97 Å². The molecule has 1 aromatic carbocycles. The third-order valence-corrected chi connectivity index (χ3v) is 5.77. The molecule has 0 spiro atoms. The summed E-state index contributed by atoms with van der Waals surface area (Å²) in [7, 11) is 0. The molecule has 0 radical (unpaired) electrons. The third-order valence-electron chi connectivity index (χ3n) is 5.77. The van der Waals surface area contributed by atoms with Gasteiger partial charge in [-0.15, -0.1) is 0 Å². The number of carboxylic acid groups (broad SMARTS) is 1. The Kier molecular flexibility index (Phi) is 5.03. The average Bonchev–Trinajstić information content (AvgIpc) is 3.34. The van der Waals surface area contributed by atoms with Gasteiger partial charge in [-0.05, 0) is 36.8 Å².